The van der Waals surface area contributed by atoms with Crippen LogP contribution in [0.5, 0.6) is 0 Å². The summed E-state index contributed by atoms with van der Waals surface area (Å²) in [5.74, 6) is 0.979. The van der Waals surface area contributed by atoms with Crippen LogP contribution in [0.15, 0.2) is 41.7 Å². The Morgan fingerprint density at radius 3 is 2.64 bits per heavy atom. The van der Waals surface area contributed by atoms with Gasteiger partial charge >= 0.3 is 0 Å². The minimum absolute atomic E-state index is 0.825. The van der Waals surface area contributed by atoms with Gasteiger partial charge in [-0.2, -0.15) is 5.10 Å². The Hall–Kier alpha value is -2.50. The first-order valence-corrected chi connectivity index (χ1v) is 8.93. The molecule has 0 atom stereocenters. The third-order valence-electron chi connectivity index (χ3n) is 4.89. The average molecular weight is 340 g/mol. The van der Waals surface area contributed by atoms with E-state index < -0.39 is 0 Å². The van der Waals surface area contributed by atoms with Crippen molar-refractivity contribution >= 4 is 11.6 Å². The van der Waals surface area contributed by atoms with Crippen LogP contribution in [-0.4, -0.2) is 60.4 Å². The highest BCUT2D eigenvalue weighted by Crippen LogP contribution is 2.23. The summed E-state index contributed by atoms with van der Waals surface area (Å²) in [5.41, 5.74) is 4.11. The molecule has 1 aromatic heterocycles. The number of aryl methyl sites for hydroxylation is 1. The lowest BCUT2D eigenvalue weighted by atomic mass is 10.1. The van der Waals surface area contributed by atoms with Gasteiger partial charge in [0.15, 0.2) is 5.96 Å². The SMILES string of the molecule is CN=C(NCCn1cccn1)N1CCN(c2cccc(C)c2C)CC1. The summed E-state index contributed by atoms with van der Waals surface area (Å²) in [7, 11) is 1.85. The van der Waals surface area contributed by atoms with Gasteiger partial charge in [0.05, 0.1) is 6.54 Å². The summed E-state index contributed by atoms with van der Waals surface area (Å²) in [6.07, 6.45) is 3.79. The Labute approximate surface area is 150 Å². The van der Waals surface area contributed by atoms with Crippen molar-refractivity contribution in [2.24, 2.45) is 4.99 Å². The van der Waals surface area contributed by atoms with E-state index in [1.807, 2.05) is 24.0 Å². The van der Waals surface area contributed by atoms with E-state index in [0.717, 1.165) is 45.2 Å². The second-order valence-corrected chi connectivity index (χ2v) is 6.44. The highest BCUT2D eigenvalue weighted by atomic mass is 15.4. The van der Waals surface area contributed by atoms with Gasteiger partial charge < -0.3 is 15.1 Å². The quantitative estimate of drug-likeness (QED) is 0.682. The molecule has 1 saturated heterocycles. The van der Waals surface area contributed by atoms with Gasteiger partial charge in [0.1, 0.15) is 0 Å². The van der Waals surface area contributed by atoms with E-state index in [2.05, 4.69) is 57.3 Å². The highest BCUT2D eigenvalue weighted by molar-refractivity contribution is 5.80. The van der Waals surface area contributed by atoms with Crippen LogP contribution < -0.4 is 10.2 Å². The number of aliphatic imine (C=N–C) groups is 1. The first-order chi connectivity index (χ1) is 12.2. The largest absolute Gasteiger partial charge is 0.368 e. The van der Waals surface area contributed by atoms with Gasteiger partial charge in [-0.05, 0) is 37.1 Å². The van der Waals surface area contributed by atoms with Crippen LogP contribution in [0.2, 0.25) is 0 Å². The molecule has 1 aliphatic rings. The number of benzene rings is 1. The minimum Gasteiger partial charge on any atom is -0.368 e. The van der Waals surface area contributed by atoms with Crippen molar-refractivity contribution < 1.29 is 0 Å². The molecule has 6 heteroatoms. The molecule has 0 amide bonds. The van der Waals surface area contributed by atoms with E-state index in [1.165, 1.54) is 16.8 Å². The lowest BCUT2D eigenvalue weighted by Gasteiger charge is -2.38. The van der Waals surface area contributed by atoms with Crippen molar-refractivity contribution in [3.8, 4) is 0 Å². The summed E-state index contributed by atoms with van der Waals surface area (Å²) in [5, 5.41) is 7.68. The molecule has 6 nitrogen and oxygen atoms in total. The van der Waals surface area contributed by atoms with E-state index in [0.29, 0.717) is 0 Å². The fourth-order valence-corrected chi connectivity index (χ4v) is 3.28. The number of nitrogens with one attached hydrogen (secondary N) is 1. The van der Waals surface area contributed by atoms with Crippen molar-refractivity contribution in [3.05, 3.63) is 47.8 Å². The van der Waals surface area contributed by atoms with Gasteiger partial charge in [-0.15, -0.1) is 0 Å². The second kappa shape index (κ2) is 8.05. The van der Waals surface area contributed by atoms with Crippen molar-refractivity contribution in [1.82, 2.24) is 20.0 Å². The van der Waals surface area contributed by atoms with Crippen molar-refractivity contribution in [1.29, 1.82) is 0 Å². The molecule has 0 unspecified atom stereocenters. The second-order valence-electron chi connectivity index (χ2n) is 6.44. The number of nitrogens with zero attached hydrogens (tertiary/aromatic N) is 5. The minimum atomic E-state index is 0.825. The molecule has 25 heavy (non-hydrogen) atoms. The molecule has 0 radical (unpaired) electrons. The predicted octanol–water partition coefficient (Wildman–Crippen LogP) is 1.90. The number of anilines is 1. The van der Waals surface area contributed by atoms with Crippen molar-refractivity contribution in [2.45, 2.75) is 20.4 Å². The summed E-state index contributed by atoms with van der Waals surface area (Å²) in [4.78, 5) is 9.26. The lowest BCUT2D eigenvalue weighted by Crippen LogP contribution is -2.53. The van der Waals surface area contributed by atoms with Crippen LogP contribution in [0, 0.1) is 13.8 Å². The molecule has 1 aliphatic heterocycles. The van der Waals surface area contributed by atoms with Gasteiger partial charge in [0, 0.05) is 57.9 Å². The first kappa shape index (κ1) is 17.3. The summed E-state index contributed by atoms with van der Waals surface area (Å²) in [6, 6.07) is 8.51. The number of piperazine rings is 1. The topological polar surface area (TPSA) is 48.7 Å². The van der Waals surface area contributed by atoms with Gasteiger partial charge in [0.25, 0.3) is 0 Å². The standard InChI is InChI=1S/C19H28N6/c1-16-6-4-7-18(17(16)2)23-12-14-24(15-13-23)19(20-3)21-9-11-25-10-5-8-22-25/h4-8,10H,9,11-15H2,1-3H3,(H,20,21). The molecule has 134 valence electrons. The van der Waals surface area contributed by atoms with Crippen molar-refractivity contribution in [2.75, 3.05) is 44.7 Å². The maximum Gasteiger partial charge on any atom is 0.193 e. The van der Waals surface area contributed by atoms with E-state index in [-0.39, 0.29) is 0 Å². The van der Waals surface area contributed by atoms with Crippen LogP contribution >= 0.6 is 0 Å². The van der Waals surface area contributed by atoms with Gasteiger partial charge in [-0.1, -0.05) is 12.1 Å². The van der Waals surface area contributed by atoms with Crippen LogP contribution in [0.3, 0.4) is 0 Å². The molecule has 1 fully saturated rings. The van der Waals surface area contributed by atoms with Gasteiger partial charge in [-0.3, -0.25) is 9.67 Å². The summed E-state index contributed by atoms with van der Waals surface area (Å²) < 4.78 is 1.93. The zero-order chi connectivity index (χ0) is 17.6. The fraction of sp³-hybridized carbons (Fsp3) is 0.474. The van der Waals surface area contributed by atoms with Crippen molar-refractivity contribution in [3.63, 3.8) is 0 Å². The van der Waals surface area contributed by atoms with E-state index >= 15 is 0 Å². The smallest absolute Gasteiger partial charge is 0.193 e. The summed E-state index contributed by atoms with van der Waals surface area (Å²) >= 11 is 0. The number of hydrogen-bond donors (Lipinski definition) is 1. The third-order valence-corrected chi connectivity index (χ3v) is 4.89. The van der Waals surface area contributed by atoms with Crippen LogP contribution in [0.25, 0.3) is 0 Å². The lowest BCUT2D eigenvalue weighted by molar-refractivity contribution is 0.371. The number of aromatic nitrogens is 2. The Bertz CT molecular complexity index is 699. The first-order valence-electron chi connectivity index (χ1n) is 8.93. The number of rotatable bonds is 4. The Morgan fingerprint density at radius 1 is 1.16 bits per heavy atom. The zero-order valence-electron chi connectivity index (χ0n) is 15.4. The molecule has 0 spiro atoms. The Morgan fingerprint density at radius 2 is 1.96 bits per heavy atom. The maximum atomic E-state index is 4.44. The van der Waals surface area contributed by atoms with Gasteiger partial charge in [-0.25, -0.2) is 0 Å². The average Bonchev–Trinajstić information content (AvgIpc) is 3.15. The molecular formula is C19H28N6. The van der Waals surface area contributed by atoms with Crippen LogP contribution in [0.1, 0.15) is 11.1 Å². The fourth-order valence-electron chi connectivity index (χ4n) is 3.28. The molecule has 1 aromatic carbocycles. The molecule has 2 aromatic rings. The molecule has 1 N–H and O–H groups in total. The number of hydrogen-bond acceptors (Lipinski definition) is 3. The molecule has 0 aliphatic carbocycles. The van der Waals surface area contributed by atoms with Crippen LogP contribution in [-0.2, 0) is 6.54 Å². The molecule has 0 bridgehead atoms. The van der Waals surface area contributed by atoms with Crippen LogP contribution in [0.4, 0.5) is 5.69 Å². The monoisotopic (exact) mass is 340 g/mol. The summed E-state index contributed by atoms with van der Waals surface area (Å²) in [6.45, 7) is 10.1. The van der Waals surface area contributed by atoms with E-state index in [9.17, 15) is 0 Å². The zero-order valence-corrected chi connectivity index (χ0v) is 15.4. The van der Waals surface area contributed by atoms with Gasteiger partial charge in [0.2, 0.25) is 0 Å². The van der Waals surface area contributed by atoms with E-state index in [4.69, 9.17) is 0 Å². The number of guanidine groups is 1. The predicted molar refractivity (Wildman–Crippen MR) is 103 cm³/mol. The third kappa shape index (κ3) is 4.13. The normalized spacial score (nSPS) is 15.6. The Balaban J connectivity index is 1.52. The highest BCUT2D eigenvalue weighted by Gasteiger charge is 2.20. The molecule has 3 rings (SSSR count). The maximum absolute atomic E-state index is 4.44. The molecule has 2 heterocycles. The molecule has 0 saturated carbocycles. The van der Waals surface area contributed by atoms with E-state index in [1.54, 1.807) is 6.20 Å². The molecular weight excluding hydrogens is 312 g/mol. The Kier molecular flexibility index (Phi) is 5.58.